The molecule has 0 unspecified atom stereocenters. The fourth-order valence-corrected chi connectivity index (χ4v) is 2.13. The zero-order chi connectivity index (χ0) is 15.5. The summed E-state index contributed by atoms with van der Waals surface area (Å²) >= 11 is 0. The van der Waals surface area contributed by atoms with Crippen molar-refractivity contribution in [1.82, 2.24) is 4.90 Å². The van der Waals surface area contributed by atoms with Gasteiger partial charge in [-0.1, -0.05) is 24.3 Å². The Hall–Kier alpha value is -1.88. The lowest BCUT2D eigenvalue weighted by molar-refractivity contribution is -0.0432. The second kappa shape index (κ2) is 6.26. The largest absolute Gasteiger partial charge is 0.444 e. The van der Waals surface area contributed by atoms with Crippen molar-refractivity contribution >= 4 is 12.4 Å². The number of morpholine rings is 1. The summed E-state index contributed by atoms with van der Waals surface area (Å²) < 4.78 is 11.1. The van der Waals surface area contributed by atoms with Crippen LogP contribution in [0.25, 0.3) is 0 Å². The predicted octanol–water partition coefficient (Wildman–Crippen LogP) is 2.81. The maximum absolute atomic E-state index is 12.1. The standard InChI is InChI=1S/C16H21NO4/c1-16(2,3)21-15(19)17-8-9-20-14(10-17)13-6-4-12(11-18)5-7-13/h4-7,11,14H,8-10H2,1-3H3/t14-/m1/s1. The zero-order valence-corrected chi connectivity index (χ0v) is 12.7. The van der Waals surface area contributed by atoms with E-state index in [-0.39, 0.29) is 12.2 Å². The Bertz CT molecular complexity index is 504. The summed E-state index contributed by atoms with van der Waals surface area (Å²) in [5, 5.41) is 0. The van der Waals surface area contributed by atoms with Crippen LogP contribution in [0.3, 0.4) is 0 Å². The average molecular weight is 291 g/mol. The van der Waals surface area contributed by atoms with Crippen LogP contribution in [0.5, 0.6) is 0 Å². The van der Waals surface area contributed by atoms with E-state index in [9.17, 15) is 9.59 Å². The van der Waals surface area contributed by atoms with E-state index in [4.69, 9.17) is 9.47 Å². The molecular formula is C16H21NO4. The van der Waals surface area contributed by atoms with Gasteiger partial charge in [-0.2, -0.15) is 0 Å². The number of carbonyl (C=O) groups is 2. The topological polar surface area (TPSA) is 55.8 Å². The highest BCUT2D eigenvalue weighted by atomic mass is 16.6. The molecule has 0 aromatic heterocycles. The number of nitrogens with zero attached hydrogens (tertiary/aromatic N) is 1. The van der Waals surface area contributed by atoms with E-state index in [1.165, 1.54) is 0 Å². The Kier molecular flexibility index (Phi) is 4.63. The van der Waals surface area contributed by atoms with Crippen molar-refractivity contribution in [3.05, 3.63) is 35.4 Å². The molecule has 2 rings (SSSR count). The van der Waals surface area contributed by atoms with Crippen LogP contribution in [0.2, 0.25) is 0 Å². The van der Waals surface area contributed by atoms with Crippen LogP contribution in [0.1, 0.15) is 42.8 Å². The molecule has 1 saturated heterocycles. The van der Waals surface area contributed by atoms with Crippen molar-refractivity contribution in [1.29, 1.82) is 0 Å². The molecular weight excluding hydrogens is 270 g/mol. The van der Waals surface area contributed by atoms with Crippen LogP contribution in [0, 0.1) is 0 Å². The Morgan fingerprint density at radius 1 is 1.33 bits per heavy atom. The number of benzene rings is 1. The summed E-state index contributed by atoms with van der Waals surface area (Å²) in [4.78, 5) is 24.4. The Labute approximate surface area is 124 Å². The molecule has 1 heterocycles. The predicted molar refractivity (Wildman–Crippen MR) is 78.3 cm³/mol. The molecule has 0 saturated carbocycles. The first-order valence-electron chi connectivity index (χ1n) is 7.04. The van der Waals surface area contributed by atoms with Gasteiger partial charge in [0.05, 0.1) is 13.2 Å². The minimum Gasteiger partial charge on any atom is -0.444 e. The van der Waals surface area contributed by atoms with Gasteiger partial charge < -0.3 is 14.4 Å². The number of carbonyl (C=O) groups excluding carboxylic acids is 2. The summed E-state index contributed by atoms with van der Waals surface area (Å²) in [7, 11) is 0. The number of hydrogen-bond donors (Lipinski definition) is 0. The minimum atomic E-state index is -0.503. The maximum Gasteiger partial charge on any atom is 0.410 e. The highest BCUT2D eigenvalue weighted by Gasteiger charge is 2.28. The summed E-state index contributed by atoms with van der Waals surface area (Å²) in [6, 6.07) is 7.20. The van der Waals surface area contributed by atoms with Gasteiger partial charge >= 0.3 is 6.09 Å². The van der Waals surface area contributed by atoms with Crippen LogP contribution in [-0.2, 0) is 9.47 Å². The van der Waals surface area contributed by atoms with E-state index in [2.05, 4.69) is 0 Å². The molecule has 1 amide bonds. The van der Waals surface area contributed by atoms with Gasteiger partial charge in [-0.3, -0.25) is 4.79 Å². The second-order valence-electron chi connectivity index (χ2n) is 6.07. The second-order valence-corrected chi connectivity index (χ2v) is 6.07. The van der Waals surface area contributed by atoms with Gasteiger partial charge in [0.2, 0.25) is 0 Å². The lowest BCUT2D eigenvalue weighted by atomic mass is 10.1. The smallest absolute Gasteiger partial charge is 0.410 e. The molecule has 1 aliphatic rings. The average Bonchev–Trinajstić information content (AvgIpc) is 2.46. The first kappa shape index (κ1) is 15.5. The normalized spacial score (nSPS) is 19.2. The summed E-state index contributed by atoms with van der Waals surface area (Å²) in [6.07, 6.45) is 0.297. The van der Waals surface area contributed by atoms with E-state index in [0.29, 0.717) is 25.3 Å². The van der Waals surface area contributed by atoms with Gasteiger partial charge in [-0.25, -0.2) is 4.79 Å². The number of rotatable bonds is 2. The van der Waals surface area contributed by atoms with Crippen molar-refractivity contribution in [3.63, 3.8) is 0 Å². The van der Waals surface area contributed by atoms with E-state index < -0.39 is 5.60 Å². The van der Waals surface area contributed by atoms with Gasteiger partial charge in [-0.15, -0.1) is 0 Å². The van der Waals surface area contributed by atoms with Crippen molar-refractivity contribution < 1.29 is 19.1 Å². The van der Waals surface area contributed by atoms with Crippen molar-refractivity contribution in [2.24, 2.45) is 0 Å². The van der Waals surface area contributed by atoms with Crippen LogP contribution in [0.4, 0.5) is 4.79 Å². The van der Waals surface area contributed by atoms with E-state index in [1.807, 2.05) is 32.9 Å². The fraction of sp³-hybridized carbons (Fsp3) is 0.500. The van der Waals surface area contributed by atoms with Crippen molar-refractivity contribution in [3.8, 4) is 0 Å². The first-order chi connectivity index (χ1) is 9.89. The summed E-state index contributed by atoms with van der Waals surface area (Å²) in [6.45, 7) is 7.00. The van der Waals surface area contributed by atoms with Crippen LogP contribution < -0.4 is 0 Å². The molecule has 0 aliphatic carbocycles. The first-order valence-corrected chi connectivity index (χ1v) is 7.04. The molecule has 1 aliphatic heterocycles. The van der Waals surface area contributed by atoms with Crippen LogP contribution in [0.15, 0.2) is 24.3 Å². The molecule has 114 valence electrons. The Balaban J connectivity index is 2.02. The van der Waals surface area contributed by atoms with Gasteiger partial charge in [0, 0.05) is 12.1 Å². The fourth-order valence-electron chi connectivity index (χ4n) is 2.13. The molecule has 0 N–H and O–H groups in total. The number of amides is 1. The third-order valence-corrected chi connectivity index (χ3v) is 3.16. The van der Waals surface area contributed by atoms with Crippen LogP contribution in [-0.4, -0.2) is 42.6 Å². The van der Waals surface area contributed by atoms with Gasteiger partial charge in [0.15, 0.2) is 0 Å². The lowest BCUT2D eigenvalue weighted by Gasteiger charge is -2.34. The molecule has 5 heteroatoms. The summed E-state index contributed by atoms with van der Waals surface area (Å²) in [5.41, 5.74) is 1.07. The lowest BCUT2D eigenvalue weighted by Crippen LogP contribution is -2.44. The zero-order valence-electron chi connectivity index (χ0n) is 12.7. The third-order valence-electron chi connectivity index (χ3n) is 3.16. The van der Waals surface area contributed by atoms with E-state index in [1.54, 1.807) is 17.0 Å². The number of hydrogen-bond acceptors (Lipinski definition) is 4. The Morgan fingerprint density at radius 3 is 2.57 bits per heavy atom. The maximum atomic E-state index is 12.1. The highest BCUT2D eigenvalue weighted by molar-refractivity contribution is 5.74. The molecule has 21 heavy (non-hydrogen) atoms. The van der Waals surface area contributed by atoms with Gasteiger partial charge in [0.25, 0.3) is 0 Å². The van der Waals surface area contributed by atoms with Gasteiger partial charge in [0.1, 0.15) is 18.0 Å². The molecule has 1 fully saturated rings. The van der Waals surface area contributed by atoms with E-state index >= 15 is 0 Å². The molecule has 1 aromatic rings. The quantitative estimate of drug-likeness (QED) is 0.786. The molecule has 0 spiro atoms. The molecule has 1 atom stereocenters. The van der Waals surface area contributed by atoms with Crippen LogP contribution >= 0.6 is 0 Å². The van der Waals surface area contributed by atoms with Crippen molar-refractivity contribution in [2.45, 2.75) is 32.5 Å². The Morgan fingerprint density at radius 2 is 2.00 bits per heavy atom. The van der Waals surface area contributed by atoms with E-state index in [0.717, 1.165) is 11.8 Å². The molecule has 1 aromatic carbocycles. The molecule has 0 radical (unpaired) electrons. The highest BCUT2D eigenvalue weighted by Crippen LogP contribution is 2.23. The number of aldehydes is 1. The third kappa shape index (κ3) is 4.29. The summed E-state index contributed by atoms with van der Waals surface area (Å²) in [5.74, 6) is 0. The molecule has 0 bridgehead atoms. The monoisotopic (exact) mass is 291 g/mol. The number of ether oxygens (including phenoxy) is 2. The van der Waals surface area contributed by atoms with Gasteiger partial charge in [-0.05, 0) is 26.3 Å². The minimum absolute atomic E-state index is 0.188. The SMILES string of the molecule is CC(C)(C)OC(=O)N1CCO[C@@H](c2ccc(C=O)cc2)C1. The van der Waals surface area contributed by atoms with Crippen molar-refractivity contribution in [2.75, 3.05) is 19.7 Å². The molecule has 5 nitrogen and oxygen atoms in total.